The van der Waals surface area contributed by atoms with Crippen molar-refractivity contribution in [1.29, 1.82) is 0 Å². The summed E-state index contributed by atoms with van der Waals surface area (Å²) in [6.45, 7) is 1.51. The maximum absolute atomic E-state index is 13.4. The van der Waals surface area contributed by atoms with Crippen molar-refractivity contribution < 1.29 is 31.1 Å². The van der Waals surface area contributed by atoms with Gasteiger partial charge >= 0.3 is 12.4 Å². The van der Waals surface area contributed by atoms with Gasteiger partial charge in [-0.25, -0.2) is 15.4 Å². The molecular formula is C18H14F6N6OS. The smallest absolute Gasteiger partial charge is 0.294 e. The molecule has 3 heterocycles. The molecule has 32 heavy (non-hydrogen) atoms. The Morgan fingerprint density at radius 2 is 1.94 bits per heavy atom. The summed E-state index contributed by atoms with van der Waals surface area (Å²) in [6.07, 6.45) is -9.92. The number of rotatable bonds is 6. The number of nitrogens with one attached hydrogen (secondary N) is 1. The van der Waals surface area contributed by atoms with Crippen molar-refractivity contribution in [3.63, 3.8) is 0 Å². The molecular weight excluding hydrogens is 462 g/mol. The maximum atomic E-state index is 13.4. The lowest BCUT2D eigenvalue weighted by Crippen LogP contribution is -2.27. The van der Waals surface area contributed by atoms with Crippen molar-refractivity contribution >= 4 is 28.8 Å². The minimum absolute atomic E-state index is 0.0280. The zero-order chi connectivity index (χ0) is 23.7. The number of hydrogen-bond donors (Lipinski definition) is 1. The molecule has 0 saturated carbocycles. The molecule has 0 saturated heterocycles. The van der Waals surface area contributed by atoms with Crippen molar-refractivity contribution in [1.82, 2.24) is 19.7 Å². The highest BCUT2D eigenvalue weighted by molar-refractivity contribution is 7.13. The fraction of sp³-hybridized carbons (Fsp3) is 0.278. The van der Waals surface area contributed by atoms with Crippen LogP contribution < -0.4 is 5.43 Å². The van der Waals surface area contributed by atoms with E-state index in [1.165, 1.54) is 24.7 Å². The van der Waals surface area contributed by atoms with E-state index >= 15 is 0 Å². The van der Waals surface area contributed by atoms with Gasteiger partial charge in [0, 0.05) is 12.7 Å². The van der Waals surface area contributed by atoms with E-state index in [-0.39, 0.29) is 11.3 Å². The van der Waals surface area contributed by atoms with E-state index in [4.69, 9.17) is 0 Å². The third-order valence-corrected chi connectivity index (χ3v) is 5.16. The minimum atomic E-state index is -5.03. The van der Waals surface area contributed by atoms with Crippen LogP contribution in [0.3, 0.4) is 0 Å². The number of halogens is 6. The highest BCUT2D eigenvalue weighted by Crippen LogP contribution is 2.32. The Morgan fingerprint density at radius 3 is 2.47 bits per heavy atom. The number of alkyl halides is 6. The second-order valence-electron chi connectivity index (χ2n) is 6.47. The molecule has 3 rings (SSSR count). The Hall–Kier alpha value is -3.29. The van der Waals surface area contributed by atoms with E-state index < -0.39 is 41.9 Å². The number of nitrogens with zero attached hydrogens (tertiary/aromatic N) is 5. The molecule has 0 aliphatic heterocycles. The van der Waals surface area contributed by atoms with E-state index in [0.717, 1.165) is 17.5 Å². The van der Waals surface area contributed by atoms with Gasteiger partial charge in [-0.05, 0) is 24.4 Å². The lowest BCUT2D eigenvalue weighted by Gasteiger charge is -2.12. The number of ketones is 1. The molecule has 14 heteroatoms. The Morgan fingerprint density at radius 1 is 1.22 bits per heavy atom. The summed E-state index contributed by atoms with van der Waals surface area (Å²) in [5.74, 6) is -1.70. The molecule has 3 aromatic heterocycles. The van der Waals surface area contributed by atoms with E-state index in [1.54, 1.807) is 11.4 Å². The van der Waals surface area contributed by atoms with Crippen LogP contribution in [0.1, 0.15) is 28.2 Å². The van der Waals surface area contributed by atoms with Crippen molar-refractivity contribution in [2.45, 2.75) is 25.7 Å². The molecule has 7 nitrogen and oxygen atoms in total. The first-order valence-corrected chi connectivity index (χ1v) is 9.66. The molecule has 0 unspecified atom stereocenters. The van der Waals surface area contributed by atoms with Crippen LogP contribution in [0.5, 0.6) is 0 Å². The summed E-state index contributed by atoms with van der Waals surface area (Å²) in [4.78, 5) is 19.7. The monoisotopic (exact) mass is 476 g/mol. The zero-order valence-corrected chi connectivity index (χ0v) is 17.2. The molecule has 0 radical (unpaired) electrons. The topological polar surface area (TPSA) is 85.1 Å². The minimum Gasteiger partial charge on any atom is -0.294 e. The Bertz CT molecular complexity index is 1150. The van der Waals surface area contributed by atoms with Crippen LogP contribution in [0.25, 0.3) is 10.6 Å². The van der Waals surface area contributed by atoms with E-state index in [9.17, 15) is 31.1 Å². The number of Topliss-reactive ketones (excluding diaryl/α,β-unsaturated/α-hetero) is 1. The molecule has 0 bridgehead atoms. The molecule has 0 amide bonds. The first-order chi connectivity index (χ1) is 14.9. The molecule has 0 spiro atoms. The third-order valence-electron chi connectivity index (χ3n) is 4.27. The number of hydrazone groups is 1. The van der Waals surface area contributed by atoms with Gasteiger partial charge in [-0.2, -0.15) is 36.5 Å². The van der Waals surface area contributed by atoms with Gasteiger partial charge in [-0.1, -0.05) is 6.07 Å². The van der Waals surface area contributed by atoms with Crippen molar-refractivity contribution in [2.75, 3.05) is 5.43 Å². The van der Waals surface area contributed by atoms with Gasteiger partial charge < -0.3 is 0 Å². The van der Waals surface area contributed by atoms with Crippen LogP contribution in [0.15, 0.2) is 34.9 Å². The molecule has 0 aliphatic carbocycles. The van der Waals surface area contributed by atoms with Crippen molar-refractivity contribution in [3.8, 4) is 10.6 Å². The van der Waals surface area contributed by atoms with Crippen LogP contribution in [-0.4, -0.2) is 37.4 Å². The Balaban J connectivity index is 1.93. The molecule has 0 aromatic carbocycles. The first-order valence-electron chi connectivity index (χ1n) is 8.78. The highest BCUT2D eigenvalue weighted by Gasteiger charge is 2.38. The molecule has 0 atom stereocenters. The summed E-state index contributed by atoms with van der Waals surface area (Å²) in [5.41, 5.74) is -0.906. The van der Waals surface area contributed by atoms with Gasteiger partial charge in [0.15, 0.2) is 11.5 Å². The summed E-state index contributed by atoms with van der Waals surface area (Å²) in [5, 5.41) is 8.52. The van der Waals surface area contributed by atoms with Crippen LogP contribution >= 0.6 is 11.3 Å². The number of aromatic nitrogens is 4. The SMILES string of the molecule is Cc1c(C(=O)C/C(=N/Nc2nc(-c3cccs3)cc(C(F)(F)F)n2)C(F)(F)F)cnn1C. The van der Waals surface area contributed by atoms with Gasteiger partial charge in [0.1, 0.15) is 5.71 Å². The number of carbonyl (C=O) groups excluding carboxylic acids is 1. The van der Waals surface area contributed by atoms with Gasteiger partial charge in [0.2, 0.25) is 5.95 Å². The van der Waals surface area contributed by atoms with Gasteiger partial charge in [-0.15, -0.1) is 11.3 Å². The van der Waals surface area contributed by atoms with E-state index in [1.807, 2.05) is 5.43 Å². The van der Waals surface area contributed by atoms with Crippen LogP contribution in [0, 0.1) is 6.92 Å². The second-order valence-corrected chi connectivity index (χ2v) is 7.42. The largest absolute Gasteiger partial charge is 0.433 e. The summed E-state index contributed by atoms with van der Waals surface area (Å²) >= 11 is 1.09. The van der Waals surface area contributed by atoms with Crippen LogP contribution in [0.4, 0.5) is 32.3 Å². The fourth-order valence-corrected chi connectivity index (χ4v) is 3.22. The van der Waals surface area contributed by atoms with Crippen LogP contribution in [-0.2, 0) is 13.2 Å². The average molecular weight is 476 g/mol. The number of thiophene rings is 1. The van der Waals surface area contributed by atoms with Crippen LogP contribution in [0.2, 0.25) is 0 Å². The summed E-state index contributed by atoms with van der Waals surface area (Å²) < 4.78 is 81.1. The number of anilines is 1. The normalized spacial score (nSPS) is 12.8. The number of hydrogen-bond acceptors (Lipinski definition) is 7. The molecule has 170 valence electrons. The predicted octanol–water partition coefficient (Wildman–Crippen LogP) is 4.87. The van der Waals surface area contributed by atoms with E-state index in [2.05, 4.69) is 20.2 Å². The lowest BCUT2D eigenvalue weighted by atomic mass is 10.1. The zero-order valence-electron chi connectivity index (χ0n) is 16.4. The summed E-state index contributed by atoms with van der Waals surface area (Å²) in [6, 6.07) is 3.75. The molecule has 0 aliphatic rings. The summed E-state index contributed by atoms with van der Waals surface area (Å²) in [7, 11) is 1.52. The molecule has 0 fully saturated rings. The second kappa shape index (κ2) is 8.68. The fourth-order valence-electron chi connectivity index (χ4n) is 2.53. The molecule has 1 N–H and O–H groups in total. The highest BCUT2D eigenvalue weighted by atomic mass is 32.1. The first kappa shape index (κ1) is 23.4. The van der Waals surface area contributed by atoms with E-state index in [0.29, 0.717) is 16.6 Å². The lowest BCUT2D eigenvalue weighted by molar-refractivity contribution is -0.141. The quantitative estimate of drug-likeness (QED) is 0.238. The average Bonchev–Trinajstić information content (AvgIpc) is 3.34. The Labute approximate surface area is 180 Å². The van der Waals surface area contributed by atoms with Gasteiger partial charge in [0.25, 0.3) is 0 Å². The van der Waals surface area contributed by atoms with Gasteiger partial charge in [0.05, 0.1) is 28.8 Å². The number of aryl methyl sites for hydroxylation is 1. The number of carbonyl (C=O) groups is 1. The Kier molecular flexibility index (Phi) is 6.34. The maximum Gasteiger partial charge on any atom is 0.433 e. The van der Waals surface area contributed by atoms with Gasteiger partial charge in [-0.3, -0.25) is 9.48 Å². The van der Waals surface area contributed by atoms with Crippen molar-refractivity contribution in [2.24, 2.45) is 12.1 Å². The van der Waals surface area contributed by atoms with Crippen molar-refractivity contribution in [3.05, 3.63) is 46.7 Å². The molecule has 3 aromatic rings. The third kappa shape index (κ3) is 5.30. The predicted molar refractivity (Wildman–Crippen MR) is 104 cm³/mol. The standard InChI is InChI=1S/C18H14F6N6OS/c1-9-10(8-25-30(9)2)12(31)7-15(18(22,23)24)28-29-16-26-11(13-4-3-5-32-13)6-14(27-16)17(19,20)21/h3-6,8H,7H2,1-2H3,(H,26,27,29)/b28-15-.